The molecular weight excluding hydrogens is 278 g/mol. The molecule has 0 saturated heterocycles. The number of benzene rings is 3. The number of carbonyl (C=O) groups excluding carboxylic acids is 1. The van der Waals surface area contributed by atoms with E-state index in [1.165, 1.54) is 0 Å². The molecule has 0 radical (unpaired) electrons. The smallest absolute Gasteiger partial charge is 0.255 e. The second-order valence-electron chi connectivity index (χ2n) is 4.86. The summed E-state index contributed by atoms with van der Waals surface area (Å²) in [6.45, 7) is 0. The summed E-state index contributed by atoms with van der Waals surface area (Å²) in [7, 11) is 1.56. The molecule has 0 aliphatic rings. The fourth-order valence-corrected chi connectivity index (χ4v) is 2.36. The SMILES string of the molecule is COc1cccc(C(=O)Nc2cccc3c(O)cccc23)c1. The van der Waals surface area contributed by atoms with E-state index < -0.39 is 0 Å². The fourth-order valence-electron chi connectivity index (χ4n) is 2.36. The lowest BCUT2D eigenvalue weighted by Crippen LogP contribution is -2.12. The minimum absolute atomic E-state index is 0.190. The molecule has 4 heteroatoms. The van der Waals surface area contributed by atoms with Crippen molar-refractivity contribution < 1.29 is 14.6 Å². The summed E-state index contributed by atoms with van der Waals surface area (Å²) in [6.07, 6.45) is 0. The van der Waals surface area contributed by atoms with E-state index in [9.17, 15) is 9.90 Å². The van der Waals surface area contributed by atoms with E-state index in [4.69, 9.17) is 4.74 Å². The molecule has 0 aromatic heterocycles. The number of rotatable bonds is 3. The van der Waals surface area contributed by atoms with Gasteiger partial charge < -0.3 is 15.2 Å². The number of phenols is 1. The van der Waals surface area contributed by atoms with E-state index in [0.717, 1.165) is 5.39 Å². The number of methoxy groups -OCH3 is 1. The Morgan fingerprint density at radius 1 is 1.00 bits per heavy atom. The van der Waals surface area contributed by atoms with Gasteiger partial charge in [0.1, 0.15) is 11.5 Å². The molecule has 4 nitrogen and oxygen atoms in total. The van der Waals surface area contributed by atoms with E-state index >= 15 is 0 Å². The molecule has 0 aliphatic carbocycles. The van der Waals surface area contributed by atoms with Crippen molar-refractivity contribution in [3.05, 3.63) is 66.2 Å². The zero-order valence-electron chi connectivity index (χ0n) is 12.0. The van der Waals surface area contributed by atoms with Crippen LogP contribution in [0.15, 0.2) is 60.7 Å². The Morgan fingerprint density at radius 2 is 1.73 bits per heavy atom. The van der Waals surface area contributed by atoms with E-state index in [1.54, 1.807) is 55.6 Å². The van der Waals surface area contributed by atoms with Crippen molar-refractivity contribution in [1.29, 1.82) is 0 Å². The van der Waals surface area contributed by atoms with Crippen LogP contribution in [0, 0.1) is 0 Å². The maximum atomic E-state index is 12.4. The molecule has 3 aromatic rings. The zero-order chi connectivity index (χ0) is 15.5. The maximum absolute atomic E-state index is 12.4. The predicted molar refractivity (Wildman–Crippen MR) is 86.6 cm³/mol. The van der Waals surface area contributed by atoms with Crippen LogP contribution >= 0.6 is 0 Å². The topological polar surface area (TPSA) is 58.6 Å². The molecule has 0 atom stereocenters. The Morgan fingerprint density at radius 3 is 2.55 bits per heavy atom. The normalized spacial score (nSPS) is 10.4. The van der Waals surface area contributed by atoms with Crippen molar-refractivity contribution >= 4 is 22.4 Å². The minimum atomic E-state index is -0.227. The minimum Gasteiger partial charge on any atom is -0.507 e. The summed E-state index contributed by atoms with van der Waals surface area (Å²) in [4.78, 5) is 12.4. The Balaban J connectivity index is 1.96. The van der Waals surface area contributed by atoms with Gasteiger partial charge in [0.15, 0.2) is 0 Å². The van der Waals surface area contributed by atoms with E-state index in [1.807, 2.05) is 12.1 Å². The van der Waals surface area contributed by atoms with Gasteiger partial charge in [-0.15, -0.1) is 0 Å². The number of amides is 1. The van der Waals surface area contributed by atoms with Crippen molar-refractivity contribution in [2.75, 3.05) is 12.4 Å². The summed E-state index contributed by atoms with van der Waals surface area (Å²) in [5.74, 6) is 0.591. The van der Waals surface area contributed by atoms with E-state index in [-0.39, 0.29) is 11.7 Å². The van der Waals surface area contributed by atoms with Crippen LogP contribution in [0.5, 0.6) is 11.5 Å². The summed E-state index contributed by atoms with van der Waals surface area (Å²) in [5, 5.41) is 14.3. The van der Waals surface area contributed by atoms with Gasteiger partial charge >= 0.3 is 0 Å². The van der Waals surface area contributed by atoms with Crippen LogP contribution in [-0.2, 0) is 0 Å². The highest BCUT2D eigenvalue weighted by atomic mass is 16.5. The van der Waals surface area contributed by atoms with Gasteiger partial charge in [-0.3, -0.25) is 4.79 Å². The average Bonchev–Trinajstić information content (AvgIpc) is 2.56. The van der Waals surface area contributed by atoms with Crippen LogP contribution in [0.3, 0.4) is 0 Å². The second kappa shape index (κ2) is 5.77. The van der Waals surface area contributed by atoms with Crippen LogP contribution in [0.2, 0.25) is 0 Å². The molecule has 0 saturated carbocycles. The standard InChI is InChI=1S/C18H15NO3/c1-22-13-6-2-5-12(11-13)18(21)19-16-9-3-8-15-14(16)7-4-10-17(15)20/h2-11,20H,1H3,(H,19,21). The maximum Gasteiger partial charge on any atom is 0.255 e. The Labute approximate surface area is 128 Å². The van der Waals surface area contributed by atoms with Crippen molar-refractivity contribution in [3.63, 3.8) is 0 Å². The third-order valence-corrected chi connectivity index (χ3v) is 3.48. The molecule has 1 amide bonds. The number of ether oxygens (including phenoxy) is 1. The van der Waals surface area contributed by atoms with E-state index in [2.05, 4.69) is 5.32 Å². The summed E-state index contributed by atoms with van der Waals surface area (Å²) < 4.78 is 5.13. The summed E-state index contributed by atoms with van der Waals surface area (Å²) >= 11 is 0. The fraction of sp³-hybridized carbons (Fsp3) is 0.0556. The lowest BCUT2D eigenvalue weighted by Gasteiger charge is -2.10. The van der Waals surface area contributed by atoms with Crippen LogP contribution < -0.4 is 10.1 Å². The monoisotopic (exact) mass is 293 g/mol. The van der Waals surface area contributed by atoms with Crippen molar-refractivity contribution in [2.24, 2.45) is 0 Å². The lowest BCUT2D eigenvalue weighted by molar-refractivity contribution is 0.102. The zero-order valence-corrected chi connectivity index (χ0v) is 12.0. The van der Waals surface area contributed by atoms with Crippen molar-refractivity contribution in [3.8, 4) is 11.5 Å². The number of carbonyl (C=O) groups is 1. The highest BCUT2D eigenvalue weighted by molar-refractivity contribution is 6.10. The Kier molecular flexibility index (Phi) is 3.66. The highest BCUT2D eigenvalue weighted by Crippen LogP contribution is 2.30. The number of fused-ring (bicyclic) bond motifs is 1. The summed E-state index contributed by atoms with van der Waals surface area (Å²) in [5.41, 5.74) is 1.16. The molecular formula is C18H15NO3. The number of hydrogen-bond donors (Lipinski definition) is 2. The molecule has 0 unspecified atom stereocenters. The van der Waals surface area contributed by atoms with Crippen LogP contribution in [0.25, 0.3) is 10.8 Å². The molecule has 2 N–H and O–H groups in total. The molecule has 110 valence electrons. The molecule has 0 heterocycles. The van der Waals surface area contributed by atoms with Gasteiger partial charge in [-0.25, -0.2) is 0 Å². The van der Waals surface area contributed by atoms with Gasteiger partial charge in [0.25, 0.3) is 5.91 Å². The third kappa shape index (κ3) is 2.59. The first-order chi connectivity index (χ1) is 10.7. The Hall–Kier alpha value is -3.01. The largest absolute Gasteiger partial charge is 0.507 e. The van der Waals surface area contributed by atoms with Gasteiger partial charge in [-0.2, -0.15) is 0 Å². The van der Waals surface area contributed by atoms with Gasteiger partial charge in [0.2, 0.25) is 0 Å². The van der Waals surface area contributed by atoms with Gasteiger partial charge in [-0.05, 0) is 30.3 Å². The Bertz CT molecular complexity index is 843. The molecule has 22 heavy (non-hydrogen) atoms. The van der Waals surface area contributed by atoms with Gasteiger partial charge in [0, 0.05) is 22.0 Å². The average molecular weight is 293 g/mol. The predicted octanol–water partition coefficient (Wildman–Crippen LogP) is 3.81. The van der Waals surface area contributed by atoms with Crippen molar-refractivity contribution in [2.45, 2.75) is 0 Å². The van der Waals surface area contributed by atoms with Gasteiger partial charge in [-0.1, -0.05) is 30.3 Å². The van der Waals surface area contributed by atoms with Crippen LogP contribution in [0.1, 0.15) is 10.4 Å². The van der Waals surface area contributed by atoms with E-state index in [0.29, 0.717) is 22.4 Å². The molecule has 0 spiro atoms. The first-order valence-electron chi connectivity index (χ1n) is 6.85. The number of aromatic hydroxyl groups is 1. The molecule has 3 aromatic carbocycles. The molecule has 3 rings (SSSR count). The highest BCUT2D eigenvalue weighted by Gasteiger charge is 2.10. The summed E-state index contributed by atoms with van der Waals surface area (Å²) in [6, 6.07) is 17.6. The van der Waals surface area contributed by atoms with Gasteiger partial charge in [0.05, 0.1) is 7.11 Å². The van der Waals surface area contributed by atoms with Crippen LogP contribution in [0.4, 0.5) is 5.69 Å². The quantitative estimate of drug-likeness (QED) is 0.772. The molecule has 0 fully saturated rings. The lowest BCUT2D eigenvalue weighted by atomic mass is 10.1. The number of anilines is 1. The first-order valence-corrected chi connectivity index (χ1v) is 6.85. The number of phenolic OH excluding ortho intramolecular Hbond substituents is 1. The first kappa shape index (κ1) is 13.9. The second-order valence-corrected chi connectivity index (χ2v) is 4.86. The number of hydrogen-bond acceptors (Lipinski definition) is 3. The molecule has 0 bridgehead atoms. The molecule has 0 aliphatic heterocycles. The van der Waals surface area contributed by atoms with Crippen LogP contribution in [-0.4, -0.2) is 18.1 Å². The third-order valence-electron chi connectivity index (χ3n) is 3.48. The number of nitrogens with one attached hydrogen (secondary N) is 1. The van der Waals surface area contributed by atoms with Crippen molar-refractivity contribution in [1.82, 2.24) is 0 Å².